The molecule has 0 spiro atoms. The normalized spacial score (nSPS) is 16.2. The Kier molecular flexibility index (Phi) is 1.69. The van der Waals surface area contributed by atoms with Crippen LogP contribution in [0.25, 0.3) is 0 Å². The first-order valence-corrected chi connectivity index (χ1v) is 4.09. The molecular formula is C8H12N4. The summed E-state index contributed by atoms with van der Waals surface area (Å²) in [6.07, 6.45) is 3.42. The van der Waals surface area contributed by atoms with Crippen molar-refractivity contribution < 1.29 is 0 Å². The van der Waals surface area contributed by atoms with Crippen molar-refractivity contribution in [1.82, 2.24) is 15.0 Å². The molecular weight excluding hydrogens is 152 g/mol. The number of hydrazine groups is 1. The summed E-state index contributed by atoms with van der Waals surface area (Å²) in [6.45, 7) is 5.19. The van der Waals surface area contributed by atoms with Gasteiger partial charge in [0.2, 0.25) is 0 Å². The molecule has 0 unspecified atom stereocenters. The third kappa shape index (κ3) is 1.14. The Morgan fingerprint density at radius 3 is 3.08 bits per heavy atom. The Labute approximate surface area is 71.6 Å². The number of nitrogens with one attached hydrogen (secondary N) is 1. The lowest BCUT2D eigenvalue weighted by atomic mass is 10.3. The molecule has 1 N–H and O–H groups in total. The Morgan fingerprint density at radius 1 is 1.58 bits per heavy atom. The Morgan fingerprint density at radius 2 is 2.42 bits per heavy atom. The standard InChI is InChI=1S/C8H12N4/c1-6(2)12-4-7-3-9-5-10-8(7)11-12/h3,5-6H,4H2,1-2H3,(H,9,10,11). The second kappa shape index (κ2) is 2.71. The molecule has 1 aliphatic heterocycles. The number of aromatic nitrogens is 2. The average molecular weight is 164 g/mol. The third-order valence-electron chi connectivity index (χ3n) is 2.00. The van der Waals surface area contributed by atoms with E-state index in [4.69, 9.17) is 0 Å². The van der Waals surface area contributed by atoms with Gasteiger partial charge in [-0.05, 0) is 13.8 Å². The molecule has 0 bridgehead atoms. The minimum absolute atomic E-state index is 0.485. The summed E-state index contributed by atoms with van der Waals surface area (Å²) < 4.78 is 0. The highest BCUT2D eigenvalue weighted by Crippen LogP contribution is 2.21. The van der Waals surface area contributed by atoms with E-state index < -0.39 is 0 Å². The molecule has 2 rings (SSSR count). The van der Waals surface area contributed by atoms with E-state index in [1.165, 1.54) is 5.56 Å². The number of rotatable bonds is 1. The van der Waals surface area contributed by atoms with E-state index in [2.05, 4.69) is 34.3 Å². The van der Waals surface area contributed by atoms with Gasteiger partial charge < -0.3 is 5.43 Å². The highest BCUT2D eigenvalue weighted by atomic mass is 15.6. The van der Waals surface area contributed by atoms with Gasteiger partial charge in [0, 0.05) is 24.3 Å². The lowest BCUT2D eigenvalue weighted by Gasteiger charge is -2.19. The topological polar surface area (TPSA) is 41.1 Å². The molecule has 0 amide bonds. The summed E-state index contributed by atoms with van der Waals surface area (Å²) in [7, 11) is 0. The minimum Gasteiger partial charge on any atom is -0.302 e. The molecule has 0 aliphatic carbocycles. The van der Waals surface area contributed by atoms with Gasteiger partial charge in [0.1, 0.15) is 12.1 Å². The molecule has 4 heteroatoms. The number of nitrogens with zero attached hydrogens (tertiary/aromatic N) is 3. The molecule has 1 aromatic heterocycles. The first-order valence-electron chi connectivity index (χ1n) is 4.09. The number of hydrogen-bond acceptors (Lipinski definition) is 4. The van der Waals surface area contributed by atoms with Gasteiger partial charge in [0.15, 0.2) is 0 Å². The summed E-state index contributed by atoms with van der Waals surface area (Å²) >= 11 is 0. The van der Waals surface area contributed by atoms with Gasteiger partial charge in [-0.25, -0.2) is 15.0 Å². The predicted octanol–water partition coefficient (Wildman–Crippen LogP) is 1.03. The van der Waals surface area contributed by atoms with Crippen LogP contribution in [0.5, 0.6) is 0 Å². The largest absolute Gasteiger partial charge is 0.302 e. The van der Waals surface area contributed by atoms with Crippen LogP contribution in [0.4, 0.5) is 5.82 Å². The first-order chi connectivity index (χ1) is 5.77. The van der Waals surface area contributed by atoms with E-state index in [-0.39, 0.29) is 0 Å². The van der Waals surface area contributed by atoms with E-state index in [1.807, 2.05) is 6.20 Å². The highest BCUT2D eigenvalue weighted by Gasteiger charge is 2.20. The van der Waals surface area contributed by atoms with Crippen molar-refractivity contribution in [3.63, 3.8) is 0 Å². The van der Waals surface area contributed by atoms with E-state index in [0.717, 1.165) is 12.4 Å². The molecule has 0 saturated heterocycles. The third-order valence-corrected chi connectivity index (χ3v) is 2.00. The van der Waals surface area contributed by atoms with Crippen molar-refractivity contribution in [2.75, 3.05) is 5.43 Å². The molecule has 4 nitrogen and oxygen atoms in total. The lowest BCUT2D eigenvalue weighted by molar-refractivity contribution is 0.279. The Bertz CT molecular complexity index is 259. The number of hydrogen-bond donors (Lipinski definition) is 1. The second-order valence-electron chi connectivity index (χ2n) is 3.23. The zero-order chi connectivity index (χ0) is 8.55. The molecule has 0 radical (unpaired) electrons. The molecule has 2 heterocycles. The van der Waals surface area contributed by atoms with Crippen molar-refractivity contribution in [2.45, 2.75) is 26.4 Å². The van der Waals surface area contributed by atoms with Crippen LogP contribution in [-0.4, -0.2) is 21.0 Å². The predicted molar refractivity (Wildman–Crippen MR) is 46.3 cm³/mol. The maximum atomic E-state index is 4.13. The van der Waals surface area contributed by atoms with Crippen LogP contribution in [0.15, 0.2) is 12.5 Å². The zero-order valence-corrected chi connectivity index (χ0v) is 7.28. The van der Waals surface area contributed by atoms with Gasteiger partial charge in [-0.1, -0.05) is 0 Å². The van der Waals surface area contributed by atoms with Crippen LogP contribution in [0.1, 0.15) is 19.4 Å². The summed E-state index contributed by atoms with van der Waals surface area (Å²) in [5.41, 5.74) is 4.39. The van der Waals surface area contributed by atoms with Crippen molar-refractivity contribution in [3.8, 4) is 0 Å². The maximum Gasteiger partial charge on any atom is 0.148 e. The highest BCUT2D eigenvalue weighted by molar-refractivity contribution is 5.45. The van der Waals surface area contributed by atoms with E-state index in [0.29, 0.717) is 6.04 Å². The van der Waals surface area contributed by atoms with Crippen LogP contribution < -0.4 is 5.43 Å². The Hall–Kier alpha value is -1.16. The van der Waals surface area contributed by atoms with E-state index in [1.54, 1.807) is 6.33 Å². The molecule has 0 atom stereocenters. The summed E-state index contributed by atoms with van der Waals surface area (Å²) in [6, 6.07) is 0.485. The van der Waals surface area contributed by atoms with Crippen LogP contribution in [0.3, 0.4) is 0 Å². The van der Waals surface area contributed by atoms with Gasteiger partial charge in [-0.2, -0.15) is 0 Å². The summed E-state index contributed by atoms with van der Waals surface area (Å²) in [4.78, 5) is 8.10. The molecule has 1 aliphatic rings. The molecule has 1 aromatic rings. The van der Waals surface area contributed by atoms with E-state index >= 15 is 0 Å². The molecule has 12 heavy (non-hydrogen) atoms. The van der Waals surface area contributed by atoms with Crippen molar-refractivity contribution in [3.05, 3.63) is 18.1 Å². The van der Waals surface area contributed by atoms with Crippen LogP contribution in [-0.2, 0) is 6.54 Å². The smallest absolute Gasteiger partial charge is 0.148 e. The fraction of sp³-hybridized carbons (Fsp3) is 0.500. The molecule has 0 saturated carbocycles. The van der Waals surface area contributed by atoms with Crippen molar-refractivity contribution in [2.24, 2.45) is 0 Å². The van der Waals surface area contributed by atoms with Crippen molar-refractivity contribution >= 4 is 5.82 Å². The fourth-order valence-corrected chi connectivity index (χ4v) is 1.25. The van der Waals surface area contributed by atoms with Gasteiger partial charge in [-0.15, -0.1) is 0 Å². The van der Waals surface area contributed by atoms with Gasteiger partial charge in [0.05, 0.1) is 0 Å². The summed E-state index contributed by atoms with van der Waals surface area (Å²) in [5, 5.41) is 2.14. The second-order valence-corrected chi connectivity index (χ2v) is 3.23. The van der Waals surface area contributed by atoms with E-state index in [9.17, 15) is 0 Å². The zero-order valence-electron chi connectivity index (χ0n) is 7.28. The van der Waals surface area contributed by atoms with Crippen LogP contribution >= 0.6 is 0 Å². The van der Waals surface area contributed by atoms with Crippen LogP contribution in [0.2, 0.25) is 0 Å². The van der Waals surface area contributed by atoms with Gasteiger partial charge >= 0.3 is 0 Å². The molecule has 0 fully saturated rings. The minimum atomic E-state index is 0.485. The first kappa shape index (κ1) is 7.49. The monoisotopic (exact) mass is 164 g/mol. The van der Waals surface area contributed by atoms with Gasteiger partial charge in [0.25, 0.3) is 0 Å². The average Bonchev–Trinajstić information content (AvgIpc) is 2.46. The molecule has 64 valence electrons. The SMILES string of the molecule is CC(C)N1Cc2cncnc2N1. The number of fused-ring (bicyclic) bond motifs is 1. The molecule has 0 aromatic carbocycles. The Balaban J connectivity index is 2.22. The van der Waals surface area contributed by atoms with Gasteiger partial charge in [-0.3, -0.25) is 0 Å². The number of anilines is 1. The fourth-order valence-electron chi connectivity index (χ4n) is 1.25. The summed E-state index contributed by atoms with van der Waals surface area (Å²) in [5.74, 6) is 0.943. The quantitative estimate of drug-likeness (QED) is 0.673. The maximum absolute atomic E-state index is 4.13. The van der Waals surface area contributed by atoms with Crippen LogP contribution in [0, 0.1) is 0 Å². The van der Waals surface area contributed by atoms with Crippen molar-refractivity contribution in [1.29, 1.82) is 0 Å². The lowest BCUT2D eigenvalue weighted by Crippen LogP contribution is -2.30.